The molecular formula is C25H35N3. The maximum absolute atomic E-state index is 2.63. The first-order chi connectivity index (χ1) is 13.8. The molecule has 150 valence electrons. The number of nitrogens with zero attached hydrogens (tertiary/aromatic N) is 3. The number of rotatable bonds is 7. The maximum Gasteiger partial charge on any atom is 0.0234 e. The Morgan fingerprint density at radius 1 is 0.500 bits per heavy atom. The Hall–Kier alpha value is -1.68. The second kappa shape index (κ2) is 10.2. The van der Waals surface area contributed by atoms with Crippen molar-refractivity contribution in [3.05, 3.63) is 71.3 Å². The summed E-state index contributed by atoms with van der Waals surface area (Å²) in [6.07, 6.45) is 5.39. The van der Waals surface area contributed by atoms with Crippen molar-refractivity contribution < 1.29 is 0 Å². The molecule has 2 saturated heterocycles. The quantitative estimate of drug-likeness (QED) is 0.721. The van der Waals surface area contributed by atoms with E-state index in [4.69, 9.17) is 0 Å². The van der Waals surface area contributed by atoms with Crippen LogP contribution in [0.25, 0.3) is 0 Å². The van der Waals surface area contributed by atoms with Crippen LogP contribution in [0, 0.1) is 0 Å². The molecule has 0 spiro atoms. The van der Waals surface area contributed by atoms with Crippen LogP contribution in [0.1, 0.15) is 36.0 Å². The van der Waals surface area contributed by atoms with Gasteiger partial charge in [-0.25, -0.2) is 0 Å². The first-order valence-corrected chi connectivity index (χ1v) is 11.1. The van der Waals surface area contributed by atoms with Gasteiger partial charge in [0.05, 0.1) is 0 Å². The summed E-state index contributed by atoms with van der Waals surface area (Å²) in [7, 11) is 0. The van der Waals surface area contributed by atoms with Crippen LogP contribution in [-0.4, -0.2) is 60.5 Å². The first-order valence-electron chi connectivity index (χ1n) is 11.1. The average Bonchev–Trinajstić information content (AvgIpc) is 2.76. The van der Waals surface area contributed by atoms with Crippen molar-refractivity contribution in [2.24, 2.45) is 0 Å². The molecule has 2 aromatic carbocycles. The summed E-state index contributed by atoms with van der Waals surface area (Å²) < 4.78 is 0. The predicted molar refractivity (Wildman–Crippen MR) is 117 cm³/mol. The Kier molecular flexibility index (Phi) is 7.15. The third-order valence-corrected chi connectivity index (χ3v) is 6.31. The van der Waals surface area contributed by atoms with E-state index in [2.05, 4.69) is 69.3 Å². The molecule has 2 aliphatic heterocycles. The van der Waals surface area contributed by atoms with Gasteiger partial charge in [-0.3, -0.25) is 9.80 Å². The van der Waals surface area contributed by atoms with Crippen LogP contribution in [0.3, 0.4) is 0 Å². The molecule has 0 N–H and O–H groups in total. The normalized spacial score (nSPS) is 19.7. The van der Waals surface area contributed by atoms with Crippen molar-refractivity contribution in [3.8, 4) is 0 Å². The van der Waals surface area contributed by atoms with Gasteiger partial charge in [0.15, 0.2) is 0 Å². The molecule has 0 amide bonds. The highest BCUT2D eigenvalue weighted by Crippen LogP contribution is 2.14. The van der Waals surface area contributed by atoms with Crippen molar-refractivity contribution in [1.82, 2.24) is 14.7 Å². The number of piperazine rings is 1. The smallest absolute Gasteiger partial charge is 0.0234 e. The molecule has 0 bridgehead atoms. The molecule has 0 aromatic heterocycles. The van der Waals surface area contributed by atoms with E-state index < -0.39 is 0 Å². The van der Waals surface area contributed by atoms with Gasteiger partial charge in [-0.05, 0) is 49.0 Å². The van der Waals surface area contributed by atoms with E-state index in [9.17, 15) is 0 Å². The fourth-order valence-electron chi connectivity index (χ4n) is 4.49. The monoisotopic (exact) mass is 377 g/mol. The van der Waals surface area contributed by atoms with Gasteiger partial charge in [0.2, 0.25) is 0 Å². The number of hydrogen-bond donors (Lipinski definition) is 0. The minimum atomic E-state index is 1.08. The van der Waals surface area contributed by atoms with E-state index in [1.165, 1.54) is 88.2 Å². The first kappa shape index (κ1) is 19.6. The Morgan fingerprint density at radius 2 is 1.04 bits per heavy atom. The Labute approximate surface area is 171 Å². The Morgan fingerprint density at radius 3 is 1.64 bits per heavy atom. The van der Waals surface area contributed by atoms with Gasteiger partial charge in [-0.2, -0.15) is 0 Å². The Balaban J connectivity index is 1.18. The molecule has 3 heteroatoms. The maximum atomic E-state index is 2.63. The van der Waals surface area contributed by atoms with Gasteiger partial charge in [-0.15, -0.1) is 0 Å². The lowest BCUT2D eigenvalue weighted by molar-refractivity contribution is 0.122. The zero-order valence-corrected chi connectivity index (χ0v) is 17.2. The van der Waals surface area contributed by atoms with Crippen molar-refractivity contribution in [2.75, 3.05) is 45.8 Å². The van der Waals surface area contributed by atoms with Crippen LogP contribution in [0.15, 0.2) is 54.6 Å². The second-order valence-corrected chi connectivity index (χ2v) is 8.51. The van der Waals surface area contributed by atoms with Gasteiger partial charge < -0.3 is 4.90 Å². The van der Waals surface area contributed by atoms with Gasteiger partial charge in [0, 0.05) is 45.8 Å². The van der Waals surface area contributed by atoms with Crippen molar-refractivity contribution >= 4 is 0 Å². The average molecular weight is 378 g/mol. The summed E-state index contributed by atoms with van der Waals surface area (Å²) in [6, 6.07) is 20.3. The van der Waals surface area contributed by atoms with Crippen LogP contribution in [0.5, 0.6) is 0 Å². The molecular weight excluding hydrogens is 342 g/mol. The van der Waals surface area contributed by atoms with E-state index in [0.29, 0.717) is 0 Å². The number of hydrogen-bond acceptors (Lipinski definition) is 3. The summed E-state index contributed by atoms with van der Waals surface area (Å²) in [5.41, 5.74) is 4.37. The Bertz CT molecular complexity index is 683. The van der Waals surface area contributed by atoms with Crippen LogP contribution in [-0.2, 0) is 19.5 Å². The van der Waals surface area contributed by atoms with Gasteiger partial charge in [0.1, 0.15) is 0 Å². The van der Waals surface area contributed by atoms with Gasteiger partial charge in [-0.1, -0.05) is 61.0 Å². The fraction of sp³-hybridized carbons (Fsp3) is 0.520. The third-order valence-electron chi connectivity index (χ3n) is 6.31. The summed E-state index contributed by atoms with van der Waals surface area (Å²) in [5.74, 6) is 0. The minimum absolute atomic E-state index is 1.08. The molecule has 2 aromatic rings. The van der Waals surface area contributed by atoms with Crippen LogP contribution in [0.2, 0.25) is 0 Å². The molecule has 2 aliphatic rings. The lowest BCUT2D eigenvalue weighted by atomic mass is 10.1. The second-order valence-electron chi connectivity index (χ2n) is 8.51. The molecule has 0 saturated carbocycles. The van der Waals surface area contributed by atoms with E-state index >= 15 is 0 Å². The molecule has 2 heterocycles. The number of benzene rings is 2. The largest absolute Gasteiger partial charge is 0.303 e. The number of piperidine rings is 1. The standard InChI is InChI=1S/C25H35N3/c1-3-7-24(8-4-1)21-27-17-19-28(20-18-27)22-25-11-9-23(10-12-25)13-16-26-14-5-2-6-15-26/h1,3-4,7-12H,2,5-6,13-22H2. The van der Waals surface area contributed by atoms with Crippen molar-refractivity contribution in [3.63, 3.8) is 0 Å². The lowest BCUT2D eigenvalue weighted by Gasteiger charge is -2.34. The molecule has 28 heavy (non-hydrogen) atoms. The van der Waals surface area contributed by atoms with Gasteiger partial charge in [0.25, 0.3) is 0 Å². The molecule has 2 fully saturated rings. The van der Waals surface area contributed by atoms with Crippen molar-refractivity contribution in [1.29, 1.82) is 0 Å². The molecule has 3 nitrogen and oxygen atoms in total. The molecule has 0 atom stereocenters. The SMILES string of the molecule is c1ccc(CN2CCN(Cc3ccc(CCN4CCCCC4)cc3)CC2)cc1. The summed E-state index contributed by atoms with van der Waals surface area (Å²) in [4.78, 5) is 7.81. The molecule has 4 rings (SSSR count). The van der Waals surface area contributed by atoms with Gasteiger partial charge >= 0.3 is 0 Å². The van der Waals surface area contributed by atoms with E-state index in [1.807, 2.05) is 0 Å². The highest BCUT2D eigenvalue weighted by molar-refractivity contribution is 5.23. The van der Waals surface area contributed by atoms with Crippen LogP contribution >= 0.6 is 0 Å². The zero-order valence-electron chi connectivity index (χ0n) is 17.2. The van der Waals surface area contributed by atoms with E-state index in [0.717, 1.165) is 13.1 Å². The lowest BCUT2D eigenvalue weighted by Crippen LogP contribution is -2.45. The highest BCUT2D eigenvalue weighted by Gasteiger charge is 2.17. The minimum Gasteiger partial charge on any atom is -0.303 e. The highest BCUT2D eigenvalue weighted by atomic mass is 15.3. The van der Waals surface area contributed by atoms with E-state index in [-0.39, 0.29) is 0 Å². The molecule has 0 aliphatic carbocycles. The fourth-order valence-corrected chi connectivity index (χ4v) is 4.49. The third kappa shape index (κ3) is 5.91. The van der Waals surface area contributed by atoms with E-state index in [1.54, 1.807) is 0 Å². The van der Waals surface area contributed by atoms with Crippen LogP contribution < -0.4 is 0 Å². The zero-order chi connectivity index (χ0) is 19.0. The summed E-state index contributed by atoms with van der Waals surface area (Å²) in [6.45, 7) is 10.7. The summed E-state index contributed by atoms with van der Waals surface area (Å²) in [5, 5.41) is 0. The predicted octanol–water partition coefficient (Wildman–Crippen LogP) is 4.03. The summed E-state index contributed by atoms with van der Waals surface area (Å²) >= 11 is 0. The van der Waals surface area contributed by atoms with Crippen molar-refractivity contribution in [2.45, 2.75) is 38.8 Å². The molecule has 0 unspecified atom stereocenters. The topological polar surface area (TPSA) is 9.72 Å². The number of likely N-dealkylation sites (tertiary alicyclic amines) is 1. The van der Waals surface area contributed by atoms with Crippen LogP contribution in [0.4, 0.5) is 0 Å². The molecule has 0 radical (unpaired) electrons.